The Hall–Kier alpha value is -3.06. The molecule has 3 rings (SSSR count). The number of benzene rings is 2. The molecular formula is C18H12F2N2O2S. The molecule has 7 heteroatoms. The maximum absolute atomic E-state index is 13.5. The minimum Gasteiger partial charge on any atom is -0.308 e. The molecule has 4 nitrogen and oxygen atoms in total. The third-order valence-corrected chi connectivity index (χ3v) is 4.28. The normalized spacial score (nSPS) is 10.3. The largest absolute Gasteiger partial charge is 0.326 e. The zero-order valence-corrected chi connectivity index (χ0v) is 13.6. The summed E-state index contributed by atoms with van der Waals surface area (Å²) in [5, 5.41) is 6.30. The lowest BCUT2D eigenvalue weighted by Crippen LogP contribution is -2.35. The van der Waals surface area contributed by atoms with E-state index in [-0.39, 0.29) is 0 Å². The first-order chi connectivity index (χ1) is 12.0. The summed E-state index contributed by atoms with van der Waals surface area (Å²) in [5.41, 5.74) is 0.635. The summed E-state index contributed by atoms with van der Waals surface area (Å²) >= 11 is 1.59. The van der Waals surface area contributed by atoms with Crippen LogP contribution in [0.3, 0.4) is 0 Å². The van der Waals surface area contributed by atoms with Gasteiger partial charge in [0, 0.05) is 10.6 Å². The van der Waals surface area contributed by atoms with Gasteiger partial charge in [-0.05, 0) is 41.3 Å². The molecule has 0 radical (unpaired) electrons. The first-order valence-corrected chi connectivity index (χ1v) is 8.13. The van der Waals surface area contributed by atoms with Crippen LogP contribution in [0.2, 0.25) is 0 Å². The smallest absolute Gasteiger partial charge is 0.308 e. The van der Waals surface area contributed by atoms with Gasteiger partial charge in [-0.15, -0.1) is 11.3 Å². The maximum Gasteiger partial charge on any atom is 0.326 e. The first kappa shape index (κ1) is 16.8. The quantitative estimate of drug-likeness (QED) is 0.716. The van der Waals surface area contributed by atoms with Crippen LogP contribution in [0.25, 0.3) is 10.4 Å². The van der Waals surface area contributed by atoms with Gasteiger partial charge >= 0.3 is 6.03 Å². The van der Waals surface area contributed by atoms with Gasteiger partial charge in [0.1, 0.15) is 17.2 Å². The van der Waals surface area contributed by atoms with Gasteiger partial charge in [0.05, 0.1) is 0 Å². The lowest BCUT2D eigenvalue weighted by molar-refractivity contribution is 0.0959. The molecular weight excluding hydrogens is 346 g/mol. The Morgan fingerprint density at radius 1 is 0.880 bits per heavy atom. The number of rotatable bonds is 3. The van der Waals surface area contributed by atoms with Crippen LogP contribution in [0.15, 0.2) is 60.0 Å². The van der Waals surface area contributed by atoms with Crippen molar-refractivity contribution < 1.29 is 18.4 Å². The molecule has 3 aromatic rings. The van der Waals surface area contributed by atoms with Crippen LogP contribution in [-0.2, 0) is 0 Å². The zero-order chi connectivity index (χ0) is 17.8. The van der Waals surface area contributed by atoms with Crippen molar-refractivity contribution in [1.29, 1.82) is 0 Å². The highest BCUT2D eigenvalue weighted by molar-refractivity contribution is 7.13. The molecule has 126 valence electrons. The van der Waals surface area contributed by atoms with Crippen LogP contribution in [0.1, 0.15) is 10.4 Å². The van der Waals surface area contributed by atoms with Crippen molar-refractivity contribution >= 4 is 29.0 Å². The van der Waals surface area contributed by atoms with Gasteiger partial charge in [0.15, 0.2) is 0 Å². The number of urea groups is 1. The van der Waals surface area contributed by atoms with Crippen molar-refractivity contribution in [1.82, 2.24) is 5.32 Å². The second-order valence-corrected chi connectivity index (χ2v) is 6.01. The fourth-order valence-corrected chi connectivity index (χ4v) is 2.94. The molecule has 0 aliphatic heterocycles. The fraction of sp³-hybridized carbons (Fsp3) is 0. The Kier molecular flexibility index (Phi) is 4.85. The van der Waals surface area contributed by atoms with Crippen molar-refractivity contribution in [2.45, 2.75) is 0 Å². The molecule has 0 aliphatic rings. The zero-order valence-electron chi connectivity index (χ0n) is 12.8. The van der Waals surface area contributed by atoms with Gasteiger partial charge in [0.25, 0.3) is 5.91 Å². The van der Waals surface area contributed by atoms with E-state index in [9.17, 15) is 18.4 Å². The molecule has 2 aromatic carbocycles. The average molecular weight is 358 g/mol. The number of halogens is 2. The summed E-state index contributed by atoms with van der Waals surface area (Å²) in [6.07, 6.45) is 0. The molecule has 1 aromatic heterocycles. The van der Waals surface area contributed by atoms with E-state index in [0.717, 1.165) is 28.6 Å². The SMILES string of the molecule is O=C(NC(=O)c1c(F)cccc1F)Nc1ccc(-c2cccs2)cc1. The Balaban J connectivity index is 1.65. The molecule has 3 amide bonds. The second-order valence-electron chi connectivity index (χ2n) is 5.06. The minimum atomic E-state index is -1.15. The summed E-state index contributed by atoms with van der Waals surface area (Å²) in [5.74, 6) is -3.22. The molecule has 0 spiro atoms. The predicted octanol–water partition coefficient (Wildman–Crippen LogP) is 4.66. The highest BCUT2D eigenvalue weighted by atomic mass is 32.1. The van der Waals surface area contributed by atoms with E-state index in [1.54, 1.807) is 23.5 Å². The summed E-state index contributed by atoms with van der Waals surface area (Å²) in [6, 6.07) is 13.0. The number of hydrogen-bond acceptors (Lipinski definition) is 3. The van der Waals surface area contributed by atoms with Crippen molar-refractivity contribution in [2.24, 2.45) is 0 Å². The van der Waals surface area contributed by atoms with Gasteiger partial charge < -0.3 is 5.32 Å². The van der Waals surface area contributed by atoms with Crippen molar-refractivity contribution in [3.05, 3.63) is 77.2 Å². The summed E-state index contributed by atoms with van der Waals surface area (Å²) in [7, 11) is 0. The standard InChI is InChI=1S/C18H12F2N2O2S/c19-13-3-1-4-14(20)16(13)17(23)22-18(24)21-12-8-6-11(7-9-12)15-5-2-10-25-15/h1-10H,(H2,21,22,23,24). The van der Waals surface area contributed by atoms with Crippen LogP contribution >= 0.6 is 11.3 Å². The predicted molar refractivity (Wildman–Crippen MR) is 92.6 cm³/mol. The number of imide groups is 1. The summed E-state index contributed by atoms with van der Waals surface area (Å²) in [6.45, 7) is 0. The van der Waals surface area contributed by atoms with E-state index < -0.39 is 29.1 Å². The van der Waals surface area contributed by atoms with Gasteiger partial charge in [-0.1, -0.05) is 24.3 Å². The minimum absolute atomic E-state index is 0.444. The molecule has 0 fully saturated rings. The van der Waals surface area contributed by atoms with Crippen molar-refractivity contribution in [3.8, 4) is 10.4 Å². The number of carbonyl (C=O) groups is 2. The van der Waals surface area contributed by atoms with Crippen LogP contribution in [0.5, 0.6) is 0 Å². The molecule has 0 unspecified atom stereocenters. The van der Waals surface area contributed by atoms with Crippen LogP contribution in [0.4, 0.5) is 19.3 Å². The number of anilines is 1. The van der Waals surface area contributed by atoms with Gasteiger partial charge in [-0.2, -0.15) is 0 Å². The third kappa shape index (κ3) is 3.89. The third-order valence-electron chi connectivity index (χ3n) is 3.37. The molecule has 0 saturated carbocycles. The van der Waals surface area contributed by atoms with Crippen molar-refractivity contribution in [2.75, 3.05) is 5.32 Å². The molecule has 0 bridgehead atoms. The van der Waals surface area contributed by atoms with E-state index >= 15 is 0 Å². The Bertz CT molecular complexity index is 889. The van der Waals surface area contributed by atoms with Gasteiger partial charge in [0.2, 0.25) is 0 Å². The van der Waals surface area contributed by atoms with E-state index in [2.05, 4.69) is 5.32 Å². The molecule has 0 aliphatic carbocycles. The fourth-order valence-electron chi connectivity index (χ4n) is 2.20. The number of amides is 3. The van der Waals surface area contributed by atoms with E-state index in [0.29, 0.717) is 5.69 Å². The van der Waals surface area contributed by atoms with Crippen LogP contribution < -0.4 is 10.6 Å². The van der Waals surface area contributed by atoms with E-state index in [1.807, 2.05) is 35.0 Å². The number of hydrogen-bond donors (Lipinski definition) is 2. The highest BCUT2D eigenvalue weighted by Crippen LogP contribution is 2.25. The Labute approximate surface area is 146 Å². The van der Waals surface area contributed by atoms with Gasteiger partial charge in [-0.25, -0.2) is 13.6 Å². The van der Waals surface area contributed by atoms with E-state index in [1.165, 1.54) is 0 Å². The first-order valence-electron chi connectivity index (χ1n) is 7.25. The highest BCUT2D eigenvalue weighted by Gasteiger charge is 2.19. The lowest BCUT2D eigenvalue weighted by Gasteiger charge is -2.08. The molecule has 25 heavy (non-hydrogen) atoms. The average Bonchev–Trinajstić information content (AvgIpc) is 3.09. The van der Waals surface area contributed by atoms with Crippen LogP contribution in [-0.4, -0.2) is 11.9 Å². The number of carbonyl (C=O) groups excluding carboxylic acids is 2. The monoisotopic (exact) mass is 358 g/mol. The molecule has 0 saturated heterocycles. The molecule has 2 N–H and O–H groups in total. The molecule has 1 heterocycles. The number of thiophene rings is 1. The second kappa shape index (κ2) is 7.23. The summed E-state index contributed by atoms with van der Waals surface area (Å²) in [4.78, 5) is 24.8. The lowest BCUT2D eigenvalue weighted by atomic mass is 10.2. The van der Waals surface area contributed by atoms with Gasteiger partial charge in [-0.3, -0.25) is 10.1 Å². The molecule has 0 atom stereocenters. The summed E-state index contributed by atoms with van der Waals surface area (Å²) < 4.78 is 27.1. The maximum atomic E-state index is 13.5. The van der Waals surface area contributed by atoms with E-state index in [4.69, 9.17) is 0 Å². The Morgan fingerprint density at radius 3 is 2.16 bits per heavy atom. The van der Waals surface area contributed by atoms with Crippen molar-refractivity contribution in [3.63, 3.8) is 0 Å². The topological polar surface area (TPSA) is 58.2 Å². The number of nitrogens with one attached hydrogen (secondary N) is 2. The Morgan fingerprint density at radius 2 is 1.56 bits per heavy atom. The van der Waals surface area contributed by atoms with Crippen LogP contribution in [0, 0.1) is 11.6 Å².